The molecule has 1 N–H and O–H groups in total. The normalized spacial score (nSPS) is 16.3. The number of rotatable bonds is 7. The van der Waals surface area contributed by atoms with Crippen LogP contribution in [0.4, 0.5) is 5.82 Å². The molecule has 3 rings (SSSR count). The van der Waals surface area contributed by atoms with Crippen LogP contribution in [0.5, 0.6) is 5.75 Å². The Morgan fingerprint density at radius 3 is 2.64 bits per heavy atom. The van der Waals surface area contributed by atoms with Gasteiger partial charge in [-0.3, -0.25) is 0 Å². The number of nitrogens with zero attached hydrogens (tertiary/aromatic N) is 2. The standard InChI is InChI=1S/C19H23Cl2N3O3S/c1-4-10-24-11-12(5-2)15-17(20)22-18(23-19(15)24)13-8-7-9-14(28(21,25)26)16(13)27-6-3/h7-9,11,18,23H,4-6,10H2,1-3H3. The first-order valence-electron chi connectivity index (χ1n) is 9.24. The summed E-state index contributed by atoms with van der Waals surface area (Å²) >= 11 is 6.56. The van der Waals surface area contributed by atoms with Crippen LogP contribution in [0.1, 0.15) is 50.0 Å². The van der Waals surface area contributed by atoms with Crippen molar-refractivity contribution in [3.05, 3.63) is 41.1 Å². The zero-order valence-corrected chi connectivity index (χ0v) is 18.3. The van der Waals surface area contributed by atoms with Gasteiger partial charge in [0.25, 0.3) is 9.05 Å². The second-order valence-electron chi connectivity index (χ2n) is 6.44. The molecule has 1 atom stereocenters. The summed E-state index contributed by atoms with van der Waals surface area (Å²) in [6.07, 6.45) is 3.30. The molecule has 0 radical (unpaired) electrons. The molecule has 1 aromatic carbocycles. The predicted octanol–water partition coefficient (Wildman–Crippen LogP) is 4.90. The zero-order valence-electron chi connectivity index (χ0n) is 16.0. The second kappa shape index (κ2) is 8.35. The lowest BCUT2D eigenvalue weighted by Crippen LogP contribution is -2.21. The topological polar surface area (TPSA) is 72.7 Å². The van der Waals surface area contributed by atoms with Crippen molar-refractivity contribution in [3.63, 3.8) is 0 Å². The minimum atomic E-state index is -3.97. The number of hydrogen-bond acceptors (Lipinski definition) is 5. The number of anilines is 1. The van der Waals surface area contributed by atoms with Gasteiger partial charge in [-0.1, -0.05) is 37.6 Å². The number of ether oxygens (including phenoxy) is 1. The first-order chi connectivity index (χ1) is 13.3. The van der Waals surface area contributed by atoms with Crippen molar-refractivity contribution < 1.29 is 13.2 Å². The highest BCUT2D eigenvalue weighted by Crippen LogP contribution is 2.40. The predicted molar refractivity (Wildman–Crippen MR) is 114 cm³/mol. The molecule has 2 aromatic rings. The lowest BCUT2D eigenvalue weighted by Gasteiger charge is -2.26. The number of benzene rings is 1. The van der Waals surface area contributed by atoms with E-state index in [1.807, 2.05) is 0 Å². The maximum Gasteiger partial charge on any atom is 0.264 e. The van der Waals surface area contributed by atoms with E-state index in [4.69, 9.17) is 27.0 Å². The molecule has 2 heterocycles. The smallest absolute Gasteiger partial charge is 0.264 e. The van der Waals surface area contributed by atoms with Crippen molar-refractivity contribution in [2.45, 2.75) is 51.2 Å². The summed E-state index contributed by atoms with van der Waals surface area (Å²) in [6.45, 7) is 7.09. The molecule has 152 valence electrons. The Hall–Kier alpha value is -1.70. The molecule has 9 heteroatoms. The highest BCUT2D eigenvalue weighted by Gasteiger charge is 2.30. The van der Waals surface area contributed by atoms with E-state index < -0.39 is 15.2 Å². The summed E-state index contributed by atoms with van der Waals surface area (Å²) in [7, 11) is 1.64. The van der Waals surface area contributed by atoms with Crippen molar-refractivity contribution >= 4 is 42.3 Å². The average molecular weight is 444 g/mol. The zero-order chi connectivity index (χ0) is 20.5. The van der Waals surface area contributed by atoms with Gasteiger partial charge in [0.1, 0.15) is 21.6 Å². The number of halogens is 2. The summed E-state index contributed by atoms with van der Waals surface area (Å²) in [4.78, 5) is 4.50. The summed E-state index contributed by atoms with van der Waals surface area (Å²) in [5.74, 6) is 1.07. The Morgan fingerprint density at radius 2 is 2.04 bits per heavy atom. The molecule has 1 unspecified atom stereocenters. The molecule has 6 nitrogen and oxygen atoms in total. The average Bonchev–Trinajstić information content (AvgIpc) is 3.00. The Labute approximate surface area is 174 Å². The number of aryl methyl sites for hydroxylation is 2. The van der Waals surface area contributed by atoms with E-state index in [2.05, 4.69) is 34.9 Å². The van der Waals surface area contributed by atoms with Crippen molar-refractivity contribution in [1.29, 1.82) is 0 Å². The molecule has 28 heavy (non-hydrogen) atoms. The molecule has 1 aromatic heterocycles. The molecular formula is C19H23Cl2N3O3S. The fourth-order valence-electron chi connectivity index (χ4n) is 3.41. The van der Waals surface area contributed by atoms with Gasteiger partial charge in [0.15, 0.2) is 6.17 Å². The van der Waals surface area contributed by atoms with Crippen molar-refractivity contribution in [3.8, 4) is 5.75 Å². The van der Waals surface area contributed by atoms with Crippen molar-refractivity contribution in [2.75, 3.05) is 11.9 Å². The molecule has 0 saturated heterocycles. The minimum absolute atomic E-state index is 0.0781. The summed E-state index contributed by atoms with van der Waals surface area (Å²) in [6, 6.07) is 4.81. The van der Waals surface area contributed by atoms with Crippen LogP contribution in [0.25, 0.3) is 0 Å². The fraction of sp³-hybridized carbons (Fsp3) is 0.421. The van der Waals surface area contributed by atoms with E-state index in [0.717, 1.165) is 36.3 Å². The minimum Gasteiger partial charge on any atom is -0.492 e. The number of aliphatic imine (C=N–C) groups is 1. The molecule has 0 saturated carbocycles. The van der Waals surface area contributed by atoms with Gasteiger partial charge < -0.3 is 14.6 Å². The second-order valence-corrected chi connectivity index (χ2v) is 9.33. The van der Waals surface area contributed by atoms with Crippen LogP contribution in [0.3, 0.4) is 0 Å². The van der Waals surface area contributed by atoms with E-state index in [1.54, 1.807) is 19.1 Å². The lowest BCUT2D eigenvalue weighted by atomic mass is 10.1. The molecular weight excluding hydrogens is 421 g/mol. The molecule has 1 aliphatic rings. The Bertz CT molecular complexity index is 1020. The third kappa shape index (κ3) is 3.88. The van der Waals surface area contributed by atoms with Gasteiger partial charge in [-0.15, -0.1) is 0 Å². The Morgan fingerprint density at radius 1 is 1.29 bits per heavy atom. The van der Waals surface area contributed by atoms with E-state index in [-0.39, 0.29) is 17.3 Å². The van der Waals surface area contributed by atoms with Gasteiger partial charge in [0, 0.05) is 29.0 Å². The van der Waals surface area contributed by atoms with E-state index in [1.165, 1.54) is 6.07 Å². The van der Waals surface area contributed by atoms with Crippen LogP contribution in [-0.4, -0.2) is 24.8 Å². The largest absolute Gasteiger partial charge is 0.492 e. The van der Waals surface area contributed by atoms with Crippen molar-refractivity contribution in [1.82, 2.24) is 4.57 Å². The van der Waals surface area contributed by atoms with E-state index >= 15 is 0 Å². The van der Waals surface area contributed by atoms with E-state index in [9.17, 15) is 8.42 Å². The molecule has 1 aliphatic heterocycles. The fourth-order valence-corrected chi connectivity index (χ4v) is 4.72. The quantitative estimate of drug-likeness (QED) is 0.617. The third-order valence-electron chi connectivity index (χ3n) is 4.58. The number of nitrogens with one attached hydrogen (secondary N) is 1. The first kappa shape index (κ1) is 21.0. The van der Waals surface area contributed by atoms with Crippen LogP contribution in [0, 0.1) is 0 Å². The molecule has 0 bridgehead atoms. The van der Waals surface area contributed by atoms with Gasteiger partial charge in [-0.2, -0.15) is 0 Å². The Kier molecular flexibility index (Phi) is 6.27. The summed E-state index contributed by atoms with van der Waals surface area (Å²) in [5.41, 5.74) is 2.58. The van der Waals surface area contributed by atoms with Gasteiger partial charge >= 0.3 is 0 Å². The SMILES string of the molecule is CCCn1cc(CC)c2c1NC(c1cccc(S(=O)(=O)Cl)c1OCC)N=C2Cl. The molecule has 0 fully saturated rings. The van der Waals surface area contributed by atoms with Gasteiger partial charge in [-0.25, -0.2) is 13.4 Å². The highest BCUT2D eigenvalue weighted by molar-refractivity contribution is 8.13. The monoisotopic (exact) mass is 443 g/mol. The van der Waals surface area contributed by atoms with Crippen LogP contribution in [0.15, 0.2) is 34.3 Å². The van der Waals surface area contributed by atoms with Gasteiger partial charge in [0.2, 0.25) is 0 Å². The summed E-state index contributed by atoms with van der Waals surface area (Å²) in [5, 5.41) is 3.80. The van der Waals surface area contributed by atoms with Crippen LogP contribution in [-0.2, 0) is 22.0 Å². The van der Waals surface area contributed by atoms with Crippen LogP contribution in [0.2, 0.25) is 0 Å². The van der Waals surface area contributed by atoms with Crippen molar-refractivity contribution in [2.24, 2.45) is 4.99 Å². The lowest BCUT2D eigenvalue weighted by molar-refractivity contribution is 0.326. The molecule has 0 spiro atoms. The maximum atomic E-state index is 12.0. The number of hydrogen-bond donors (Lipinski definition) is 1. The first-order valence-corrected chi connectivity index (χ1v) is 11.9. The maximum absolute atomic E-state index is 12.0. The summed E-state index contributed by atoms with van der Waals surface area (Å²) < 4.78 is 31.8. The number of fused-ring (bicyclic) bond motifs is 1. The Balaban J connectivity index is 2.14. The number of para-hydroxylation sites is 1. The third-order valence-corrected chi connectivity index (χ3v) is 6.21. The molecule has 0 amide bonds. The van der Waals surface area contributed by atoms with E-state index in [0.29, 0.717) is 10.7 Å². The highest BCUT2D eigenvalue weighted by atomic mass is 35.7. The molecule has 0 aliphatic carbocycles. The van der Waals surface area contributed by atoms with Gasteiger partial charge in [-0.05, 0) is 31.4 Å². The van der Waals surface area contributed by atoms with Crippen LogP contribution >= 0.6 is 22.3 Å². The van der Waals surface area contributed by atoms with Crippen LogP contribution < -0.4 is 10.1 Å². The number of aromatic nitrogens is 1. The van der Waals surface area contributed by atoms with Gasteiger partial charge in [0.05, 0.1) is 12.2 Å².